The van der Waals surface area contributed by atoms with Gasteiger partial charge >= 0.3 is 5.97 Å². The van der Waals surface area contributed by atoms with E-state index in [2.05, 4.69) is 20.3 Å². The Morgan fingerprint density at radius 2 is 2.12 bits per heavy atom. The third-order valence-electron chi connectivity index (χ3n) is 2.22. The molecule has 0 aliphatic heterocycles. The van der Waals surface area contributed by atoms with Crippen molar-refractivity contribution in [3.05, 3.63) is 17.8 Å². The molecule has 1 heterocycles. The number of nitrogens with one attached hydrogen (secondary N) is 1. The quantitative estimate of drug-likeness (QED) is 0.782. The summed E-state index contributed by atoms with van der Waals surface area (Å²) in [5.74, 6) is 0.224. The maximum atomic E-state index is 11.4. The maximum Gasteiger partial charge on any atom is 0.330 e. The van der Waals surface area contributed by atoms with Crippen LogP contribution >= 0.6 is 0 Å². The predicted molar refractivity (Wildman–Crippen MR) is 61.1 cm³/mol. The Hall–Kier alpha value is -1.65. The summed E-state index contributed by atoms with van der Waals surface area (Å²) in [6.45, 7) is 5.47. The van der Waals surface area contributed by atoms with Gasteiger partial charge in [-0.15, -0.1) is 5.10 Å². The summed E-state index contributed by atoms with van der Waals surface area (Å²) in [6, 6.07) is 3.68. The normalized spacial score (nSPS) is 11.0. The standard InChI is InChI=1S/C11H17N3O2/c1-5-8-6-7-9(14-13-8)12-11(2,3)10(15)16-4/h6-7H,5H2,1-4H3,(H,12,14). The minimum Gasteiger partial charge on any atom is -0.467 e. The number of esters is 1. The molecule has 0 aliphatic carbocycles. The Kier molecular flexibility index (Phi) is 3.82. The first-order valence-corrected chi connectivity index (χ1v) is 5.19. The lowest BCUT2D eigenvalue weighted by Gasteiger charge is -2.23. The second-order valence-corrected chi connectivity index (χ2v) is 4.01. The molecule has 0 radical (unpaired) electrons. The molecule has 0 aliphatic rings. The summed E-state index contributed by atoms with van der Waals surface area (Å²) in [5.41, 5.74) is 0.110. The number of ether oxygens (including phenoxy) is 1. The molecule has 1 N–H and O–H groups in total. The first kappa shape index (κ1) is 12.4. The molecular weight excluding hydrogens is 206 g/mol. The van der Waals surface area contributed by atoms with E-state index >= 15 is 0 Å². The minimum atomic E-state index is -0.808. The van der Waals surface area contributed by atoms with Gasteiger partial charge in [-0.1, -0.05) is 6.92 Å². The number of aryl methyl sites for hydroxylation is 1. The van der Waals surface area contributed by atoms with Crippen molar-refractivity contribution in [1.82, 2.24) is 10.2 Å². The van der Waals surface area contributed by atoms with Crippen LogP contribution in [0.1, 0.15) is 26.5 Å². The molecule has 0 spiro atoms. The van der Waals surface area contributed by atoms with Crippen LogP contribution in [0.25, 0.3) is 0 Å². The van der Waals surface area contributed by atoms with Crippen molar-refractivity contribution < 1.29 is 9.53 Å². The third kappa shape index (κ3) is 2.92. The number of carbonyl (C=O) groups is 1. The second kappa shape index (κ2) is 4.92. The van der Waals surface area contributed by atoms with E-state index < -0.39 is 5.54 Å². The molecule has 0 amide bonds. The summed E-state index contributed by atoms with van der Waals surface area (Å²) in [7, 11) is 1.36. The number of methoxy groups -OCH3 is 1. The van der Waals surface area contributed by atoms with Crippen LogP contribution in [0.2, 0.25) is 0 Å². The van der Waals surface area contributed by atoms with Crippen molar-refractivity contribution in [3.8, 4) is 0 Å². The zero-order valence-electron chi connectivity index (χ0n) is 10.1. The van der Waals surface area contributed by atoms with Gasteiger partial charge in [0.2, 0.25) is 0 Å². The molecular formula is C11H17N3O2. The Bertz CT molecular complexity index is 360. The van der Waals surface area contributed by atoms with Crippen molar-refractivity contribution in [2.24, 2.45) is 0 Å². The smallest absolute Gasteiger partial charge is 0.330 e. The van der Waals surface area contributed by atoms with E-state index in [1.54, 1.807) is 19.9 Å². The number of hydrogen-bond acceptors (Lipinski definition) is 5. The van der Waals surface area contributed by atoms with Gasteiger partial charge in [-0.3, -0.25) is 0 Å². The largest absolute Gasteiger partial charge is 0.467 e. The van der Waals surface area contributed by atoms with Gasteiger partial charge in [0.05, 0.1) is 12.8 Å². The number of hydrogen-bond donors (Lipinski definition) is 1. The average Bonchev–Trinajstić information content (AvgIpc) is 2.28. The highest BCUT2D eigenvalue weighted by atomic mass is 16.5. The second-order valence-electron chi connectivity index (χ2n) is 4.01. The molecule has 0 aromatic carbocycles. The average molecular weight is 223 g/mol. The minimum absolute atomic E-state index is 0.339. The highest BCUT2D eigenvalue weighted by molar-refractivity contribution is 5.82. The van der Waals surface area contributed by atoms with Gasteiger partial charge in [0.1, 0.15) is 11.4 Å². The molecule has 0 saturated heterocycles. The van der Waals surface area contributed by atoms with Crippen LogP contribution < -0.4 is 5.32 Å². The monoisotopic (exact) mass is 223 g/mol. The summed E-state index contributed by atoms with van der Waals surface area (Å²) in [5, 5.41) is 11.0. The number of anilines is 1. The van der Waals surface area contributed by atoms with Crippen LogP contribution in [0, 0.1) is 0 Å². The number of carbonyl (C=O) groups excluding carboxylic acids is 1. The van der Waals surface area contributed by atoms with Gasteiger partial charge in [0.25, 0.3) is 0 Å². The molecule has 5 heteroatoms. The Morgan fingerprint density at radius 3 is 2.56 bits per heavy atom. The lowest BCUT2D eigenvalue weighted by atomic mass is 10.1. The lowest BCUT2D eigenvalue weighted by molar-refractivity contribution is -0.144. The molecule has 1 rings (SSSR count). The van der Waals surface area contributed by atoms with E-state index in [-0.39, 0.29) is 5.97 Å². The van der Waals surface area contributed by atoms with Crippen LogP contribution in [-0.2, 0) is 16.0 Å². The van der Waals surface area contributed by atoms with Crippen molar-refractivity contribution >= 4 is 11.8 Å². The number of rotatable bonds is 4. The van der Waals surface area contributed by atoms with Gasteiger partial charge in [-0.05, 0) is 32.4 Å². The first-order valence-electron chi connectivity index (χ1n) is 5.19. The van der Waals surface area contributed by atoms with Crippen LogP contribution in [0.3, 0.4) is 0 Å². The molecule has 0 atom stereocenters. The van der Waals surface area contributed by atoms with Crippen LogP contribution in [0.4, 0.5) is 5.82 Å². The molecule has 88 valence electrons. The highest BCUT2D eigenvalue weighted by Crippen LogP contribution is 2.13. The van der Waals surface area contributed by atoms with Crippen LogP contribution in [-0.4, -0.2) is 28.8 Å². The van der Waals surface area contributed by atoms with E-state index in [0.717, 1.165) is 12.1 Å². The van der Waals surface area contributed by atoms with Crippen molar-refractivity contribution in [2.75, 3.05) is 12.4 Å². The molecule has 1 aromatic rings. The van der Waals surface area contributed by atoms with E-state index in [4.69, 9.17) is 0 Å². The summed E-state index contributed by atoms with van der Waals surface area (Å²) >= 11 is 0. The molecule has 0 fully saturated rings. The van der Waals surface area contributed by atoms with E-state index in [1.807, 2.05) is 13.0 Å². The molecule has 0 bridgehead atoms. The molecule has 0 unspecified atom stereocenters. The van der Waals surface area contributed by atoms with Gasteiger partial charge in [0, 0.05) is 0 Å². The van der Waals surface area contributed by atoms with E-state index in [1.165, 1.54) is 7.11 Å². The SMILES string of the molecule is CCc1ccc(NC(C)(C)C(=O)OC)nn1. The van der Waals surface area contributed by atoms with E-state index in [0.29, 0.717) is 5.82 Å². The van der Waals surface area contributed by atoms with Crippen LogP contribution in [0.5, 0.6) is 0 Å². The van der Waals surface area contributed by atoms with Crippen molar-refractivity contribution in [1.29, 1.82) is 0 Å². The summed E-state index contributed by atoms with van der Waals surface area (Å²) in [6.07, 6.45) is 0.841. The van der Waals surface area contributed by atoms with Crippen molar-refractivity contribution in [2.45, 2.75) is 32.7 Å². The highest BCUT2D eigenvalue weighted by Gasteiger charge is 2.28. The van der Waals surface area contributed by atoms with Gasteiger partial charge < -0.3 is 10.1 Å². The van der Waals surface area contributed by atoms with E-state index in [9.17, 15) is 4.79 Å². The predicted octanol–water partition coefficient (Wildman–Crippen LogP) is 1.40. The fourth-order valence-electron chi connectivity index (χ4n) is 1.24. The topological polar surface area (TPSA) is 64.1 Å². The third-order valence-corrected chi connectivity index (χ3v) is 2.22. The first-order chi connectivity index (χ1) is 7.49. The maximum absolute atomic E-state index is 11.4. The summed E-state index contributed by atoms with van der Waals surface area (Å²) < 4.78 is 4.68. The van der Waals surface area contributed by atoms with Crippen molar-refractivity contribution in [3.63, 3.8) is 0 Å². The fraction of sp³-hybridized carbons (Fsp3) is 0.545. The lowest BCUT2D eigenvalue weighted by Crippen LogP contribution is -2.41. The Balaban J connectivity index is 2.76. The van der Waals surface area contributed by atoms with Crippen LogP contribution in [0.15, 0.2) is 12.1 Å². The summed E-state index contributed by atoms with van der Waals surface area (Å²) in [4.78, 5) is 11.4. The Labute approximate surface area is 95.2 Å². The van der Waals surface area contributed by atoms with Gasteiger partial charge in [0.15, 0.2) is 0 Å². The number of nitrogens with zero attached hydrogens (tertiary/aromatic N) is 2. The van der Waals surface area contributed by atoms with Gasteiger partial charge in [-0.25, -0.2) is 4.79 Å². The zero-order valence-corrected chi connectivity index (χ0v) is 10.1. The molecule has 5 nitrogen and oxygen atoms in total. The zero-order chi connectivity index (χ0) is 12.2. The van der Waals surface area contributed by atoms with Gasteiger partial charge in [-0.2, -0.15) is 5.10 Å². The number of aromatic nitrogens is 2. The Morgan fingerprint density at radius 1 is 1.44 bits per heavy atom. The fourth-order valence-corrected chi connectivity index (χ4v) is 1.24. The molecule has 1 aromatic heterocycles. The molecule has 16 heavy (non-hydrogen) atoms. The molecule has 0 saturated carbocycles.